The first kappa shape index (κ1) is 21.9. The summed E-state index contributed by atoms with van der Waals surface area (Å²) in [5.41, 5.74) is -0.938. The zero-order valence-electron chi connectivity index (χ0n) is 17.7. The number of aromatic nitrogens is 1. The maximum Gasteiger partial charge on any atom is 0.274 e. The van der Waals surface area contributed by atoms with Gasteiger partial charge in [-0.1, -0.05) is 13.0 Å². The fraction of sp³-hybridized carbons (Fsp3) is 0.409. The lowest BCUT2D eigenvalue weighted by molar-refractivity contribution is 0.0675. The minimum Gasteiger partial charge on any atom is -0.503 e. The van der Waals surface area contributed by atoms with Gasteiger partial charge in [-0.15, -0.1) is 0 Å². The molecule has 0 aliphatic carbocycles. The number of carbonyl (C=O) groups excluding carboxylic acids is 2. The molecule has 0 radical (unpaired) electrons. The molecule has 0 bridgehead atoms. The average Bonchev–Trinajstić information content (AvgIpc) is 3.10. The van der Waals surface area contributed by atoms with Crippen molar-refractivity contribution in [2.75, 3.05) is 19.6 Å². The Morgan fingerprint density at radius 2 is 2.00 bits per heavy atom. The van der Waals surface area contributed by atoms with E-state index in [1.165, 1.54) is 6.07 Å². The fourth-order valence-electron chi connectivity index (χ4n) is 4.60. The van der Waals surface area contributed by atoms with Crippen molar-refractivity contribution in [3.8, 4) is 5.75 Å². The van der Waals surface area contributed by atoms with E-state index in [4.69, 9.17) is 0 Å². The molecule has 0 unspecified atom stereocenters. The van der Waals surface area contributed by atoms with Gasteiger partial charge in [0.25, 0.3) is 11.8 Å². The smallest absolute Gasteiger partial charge is 0.274 e. The number of nitrogens with one attached hydrogen (secondary N) is 2. The number of pyridine rings is 1. The van der Waals surface area contributed by atoms with Crippen LogP contribution >= 0.6 is 0 Å². The Bertz CT molecular complexity index is 1160. The first-order chi connectivity index (χ1) is 15.3. The number of benzene rings is 1. The molecular weight excluding hydrogens is 422 g/mol. The van der Waals surface area contributed by atoms with Crippen molar-refractivity contribution in [3.05, 3.63) is 62.6 Å². The maximum absolute atomic E-state index is 14.0. The van der Waals surface area contributed by atoms with E-state index in [0.717, 1.165) is 6.07 Å². The molecule has 2 amide bonds. The monoisotopic (exact) mass is 446 g/mol. The van der Waals surface area contributed by atoms with E-state index in [9.17, 15) is 28.3 Å². The van der Waals surface area contributed by atoms with Crippen LogP contribution in [0.25, 0.3) is 0 Å². The molecule has 0 spiro atoms. The highest BCUT2D eigenvalue weighted by molar-refractivity contribution is 6.00. The van der Waals surface area contributed by atoms with Gasteiger partial charge in [-0.05, 0) is 26.0 Å². The molecule has 2 atom stereocenters. The van der Waals surface area contributed by atoms with Gasteiger partial charge in [0.2, 0.25) is 5.43 Å². The number of halogens is 2. The van der Waals surface area contributed by atoms with Crippen molar-refractivity contribution in [2.45, 2.75) is 38.9 Å². The van der Waals surface area contributed by atoms with Gasteiger partial charge in [0, 0.05) is 31.3 Å². The van der Waals surface area contributed by atoms with Crippen LogP contribution in [0.3, 0.4) is 0 Å². The highest BCUT2D eigenvalue weighted by Crippen LogP contribution is 2.42. The van der Waals surface area contributed by atoms with Gasteiger partial charge in [-0.3, -0.25) is 14.4 Å². The number of carbonyl (C=O) groups is 2. The molecule has 0 saturated carbocycles. The number of rotatable bonds is 6. The van der Waals surface area contributed by atoms with Crippen LogP contribution in [0.15, 0.2) is 23.0 Å². The average molecular weight is 446 g/mol. The third-order valence-corrected chi connectivity index (χ3v) is 6.06. The lowest BCUT2D eigenvalue weighted by atomic mass is 10.0. The number of aromatic hydroxyl groups is 1. The van der Waals surface area contributed by atoms with Crippen LogP contribution < -0.4 is 16.1 Å². The molecule has 2 aromatic rings. The Morgan fingerprint density at radius 3 is 2.66 bits per heavy atom. The Kier molecular flexibility index (Phi) is 5.72. The summed E-state index contributed by atoms with van der Waals surface area (Å²) in [6.07, 6.45) is 0.542. The lowest BCUT2D eigenvalue weighted by Crippen LogP contribution is -2.44. The molecule has 8 nitrogen and oxygen atoms in total. The molecule has 1 aromatic carbocycles. The van der Waals surface area contributed by atoms with Crippen LogP contribution in [0.1, 0.15) is 64.5 Å². The second-order valence-corrected chi connectivity index (χ2v) is 7.92. The Balaban J connectivity index is 1.78. The number of hydrogen-bond donors (Lipinski definition) is 3. The van der Waals surface area contributed by atoms with Crippen LogP contribution in [0.2, 0.25) is 0 Å². The molecule has 2 aliphatic rings. The van der Waals surface area contributed by atoms with Crippen molar-refractivity contribution in [1.82, 2.24) is 20.1 Å². The van der Waals surface area contributed by atoms with Gasteiger partial charge in [-0.2, -0.15) is 0 Å². The van der Waals surface area contributed by atoms with Gasteiger partial charge in [-0.25, -0.2) is 8.78 Å². The van der Waals surface area contributed by atoms with Crippen LogP contribution in [0.5, 0.6) is 5.75 Å². The molecule has 170 valence electrons. The second-order valence-electron chi connectivity index (χ2n) is 7.92. The summed E-state index contributed by atoms with van der Waals surface area (Å²) in [7, 11) is 0. The summed E-state index contributed by atoms with van der Waals surface area (Å²) in [4.78, 5) is 40.5. The van der Waals surface area contributed by atoms with E-state index >= 15 is 0 Å². The molecule has 0 fully saturated rings. The zero-order chi connectivity index (χ0) is 23.2. The quantitative estimate of drug-likeness (QED) is 0.628. The predicted octanol–water partition coefficient (Wildman–Crippen LogP) is 1.83. The summed E-state index contributed by atoms with van der Waals surface area (Å²) >= 11 is 0. The van der Waals surface area contributed by atoms with E-state index in [1.54, 1.807) is 9.47 Å². The lowest BCUT2D eigenvalue weighted by Gasteiger charge is -2.33. The topological polar surface area (TPSA) is 104 Å². The van der Waals surface area contributed by atoms with Crippen LogP contribution in [0.4, 0.5) is 8.78 Å². The van der Waals surface area contributed by atoms with Gasteiger partial charge in [0.05, 0.1) is 17.8 Å². The largest absolute Gasteiger partial charge is 0.503 e. The third kappa shape index (κ3) is 3.44. The maximum atomic E-state index is 14.0. The number of amides is 2. The minimum atomic E-state index is -0.946. The summed E-state index contributed by atoms with van der Waals surface area (Å²) < 4.78 is 28.7. The first-order valence-electron chi connectivity index (χ1n) is 10.5. The molecule has 10 heteroatoms. The zero-order valence-corrected chi connectivity index (χ0v) is 17.7. The van der Waals surface area contributed by atoms with Gasteiger partial charge < -0.3 is 25.2 Å². The number of likely N-dealkylation sites (N-methyl/N-ethyl adjacent to an activating group) is 1. The molecule has 32 heavy (non-hydrogen) atoms. The van der Waals surface area contributed by atoms with E-state index in [2.05, 4.69) is 10.6 Å². The Hall–Kier alpha value is -3.27. The van der Waals surface area contributed by atoms with Gasteiger partial charge in [0.1, 0.15) is 17.2 Å². The van der Waals surface area contributed by atoms with E-state index in [-0.39, 0.29) is 35.4 Å². The van der Waals surface area contributed by atoms with E-state index in [1.807, 2.05) is 13.8 Å². The molecule has 2 aliphatic heterocycles. The van der Waals surface area contributed by atoms with Crippen molar-refractivity contribution >= 4 is 11.8 Å². The summed E-state index contributed by atoms with van der Waals surface area (Å²) in [5.74, 6) is -3.59. The van der Waals surface area contributed by atoms with E-state index in [0.29, 0.717) is 37.8 Å². The van der Waals surface area contributed by atoms with Gasteiger partial charge in [0.15, 0.2) is 11.4 Å². The fourth-order valence-corrected chi connectivity index (χ4v) is 4.60. The Morgan fingerprint density at radius 1 is 1.25 bits per heavy atom. The van der Waals surface area contributed by atoms with Crippen LogP contribution in [-0.2, 0) is 6.54 Å². The van der Waals surface area contributed by atoms with E-state index < -0.39 is 34.6 Å². The molecule has 0 saturated heterocycles. The summed E-state index contributed by atoms with van der Waals surface area (Å²) in [6.45, 7) is 4.82. The first-order valence-corrected chi connectivity index (χ1v) is 10.5. The SMILES string of the molecule is CCN[C@@H]1C[C@@H]2CN(CC)C(=O)c3c(O)c(=O)c(C(=O)NCc4ccc(F)cc4F)c1n32. The minimum absolute atomic E-state index is 0.0494. The van der Waals surface area contributed by atoms with Crippen molar-refractivity contribution < 1.29 is 23.5 Å². The predicted molar refractivity (Wildman–Crippen MR) is 112 cm³/mol. The molecule has 4 rings (SSSR count). The normalized spacial score (nSPS) is 19.2. The highest BCUT2D eigenvalue weighted by Gasteiger charge is 2.44. The Labute approximate surface area is 182 Å². The van der Waals surface area contributed by atoms with Crippen molar-refractivity contribution in [1.29, 1.82) is 0 Å². The van der Waals surface area contributed by atoms with Crippen molar-refractivity contribution in [2.24, 2.45) is 0 Å². The molecule has 3 N–H and O–H groups in total. The summed E-state index contributed by atoms with van der Waals surface area (Å²) in [6, 6.07) is 2.41. The van der Waals surface area contributed by atoms with Crippen LogP contribution in [0, 0.1) is 11.6 Å². The molecule has 3 heterocycles. The second kappa shape index (κ2) is 8.34. The van der Waals surface area contributed by atoms with Crippen LogP contribution in [-0.4, -0.2) is 46.0 Å². The number of nitrogens with zero attached hydrogens (tertiary/aromatic N) is 2. The molecular formula is C22H24F2N4O4. The van der Waals surface area contributed by atoms with Crippen molar-refractivity contribution in [3.63, 3.8) is 0 Å². The van der Waals surface area contributed by atoms with Gasteiger partial charge >= 0.3 is 0 Å². The standard InChI is InChI=1S/C22H24F2N4O4/c1-3-25-15-8-13-10-27(4-2)22(32)18-20(30)19(29)16(17(15)28(13)18)21(31)26-9-11-5-6-12(23)7-14(11)24/h5-7,13,15,25,30H,3-4,8-10H2,1-2H3,(H,26,31)/t13-,15-/m1/s1. The number of hydrogen-bond acceptors (Lipinski definition) is 5. The highest BCUT2D eigenvalue weighted by atomic mass is 19.1. The summed E-state index contributed by atoms with van der Waals surface area (Å²) in [5, 5.41) is 16.4. The third-order valence-electron chi connectivity index (χ3n) is 6.06. The molecule has 1 aromatic heterocycles.